The van der Waals surface area contributed by atoms with E-state index >= 15 is 0 Å². The molecule has 3 N–H and O–H groups in total. The van der Waals surface area contributed by atoms with Gasteiger partial charge in [0, 0.05) is 51.2 Å². The van der Waals surface area contributed by atoms with Crippen LogP contribution in [0.1, 0.15) is 37.4 Å². The van der Waals surface area contributed by atoms with Gasteiger partial charge >= 0.3 is 0 Å². The Kier molecular flexibility index (Phi) is 7.98. The Morgan fingerprint density at radius 2 is 2.06 bits per heavy atom. The molecule has 4 unspecified atom stereocenters. The quantitative estimate of drug-likeness (QED) is 0.577. The fraction of sp³-hybridized carbons (Fsp3) is 0.750. The number of hydrogen-bond donors (Lipinski definition) is 3. The summed E-state index contributed by atoms with van der Waals surface area (Å²) in [4.78, 5) is 5.01. The highest BCUT2D eigenvalue weighted by Gasteiger charge is 2.46. The largest absolute Gasteiger partial charge is 0.379 e. The van der Waals surface area contributed by atoms with Gasteiger partial charge in [0.05, 0.1) is 25.5 Å². The Morgan fingerprint density at radius 1 is 1.26 bits per heavy atom. The molecule has 3 aliphatic rings. The van der Waals surface area contributed by atoms with Crippen molar-refractivity contribution in [2.75, 3.05) is 60.0 Å². The maximum Gasteiger partial charge on any atom is 0.0799 e. The van der Waals surface area contributed by atoms with E-state index in [2.05, 4.69) is 76.0 Å². The molecule has 0 bridgehead atoms. The second-order valence-electron chi connectivity index (χ2n) is 9.79. The summed E-state index contributed by atoms with van der Waals surface area (Å²) in [6, 6.07) is 9.61. The van der Waals surface area contributed by atoms with Crippen molar-refractivity contribution < 1.29 is 4.74 Å². The zero-order valence-electron chi connectivity index (χ0n) is 19.8. The van der Waals surface area contributed by atoms with Crippen molar-refractivity contribution in [3.63, 3.8) is 0 Å². The first-order valence-electron chi connectivity index (χ1n) is 12.1. The van der Waals surface area contributed by atoms with Crippen molar-refractivity contribution in [1.29, 1.82) is 0 Å². The molecular weight excluding hydrogens is 388 g/mol. The molecule has 174 valence electrons. The number of hydrogen-bond acceptors (Lipinski definition) is 7. The fourth-order valence-corrected chi connectivity index (χ4v) is 5.36. The average molecular weight is 431 g/mol. The van der Waals surface area contributed by atoms with Crippen LogP contribution >= 0.6 is 0 Å². The number of morpholine rings is 1. The van der Waals surface area contributed by atoms with E-state index in [4.69, 9.17) is 4.74 Å². The van der Waals surface area contributed by atoms with Crippen molar-refractivity contribution in [2.45, 2.75) is 45.2 Å². The highest BCUT2D eigenvalue weighted by molar-refractivity contribution is 5.27. The van der Waals surface area contributed by atoms with E-state index in [1.54, 1.807) is 0 Å². The Morgan fingerprint density at radius 3 is 2.81 bits per heavy atom. The van der Waals surface area contributed by atoms with Gasteiger partial charge < -0.3 is 15.0 Å². The standard InChI is InChI=1S/C24H42N6O/c1-18(2)21-16-26-30-23(29-10-12-31-13-11-29)15-22(27-24(21)30)20-7-5-6-19(14-20)17-28(4)9-8-25-3/h5-7,14,18,21-27H,8-13,15-17H2,1-4H3. The van der Waals surface area contributed by atoms with Gasteiger partial charge in [0.2, 0.25) is 0 Å². The molecule has 3 heterocycles. The first kappa shape index (κ1) is 23.1. The third-order valence-electron chi connectivity index (χ3n) is 7.23. The number of nitrogens with zero attached hydrogens (tertiary/aromatic N) is 3. The molecule has 7 heteroatoms. The van der Waals surface area contributed by atoms with E-state index in [0.717, 1.165) is 58.9 Å². The van der Waals surface area contributed by atoms with Gasteiger partial charge in [-0.15, -0.1) is 0 Å². The van der Waals surface area contributed by atoms with Crippen LogP contribution in [0.15, 0.2) is 24.3 Å². The van der Waals surface area contributed by atoms with E-state index in [0.29, 0.717) is 30.2 Å². The highest BCUT2D eigenvalue weighted by atomic mass is 16.5. The number of nitrogens with one attached hydrogen (secondary N) is 3. The molecule has 0 aliphatic carbocycles. The van der Waals surface area contributed by atoms with Gasteiger partial charge in [-0.25, -0.2) is 5.01 Å². The molecule has 0 radical (unpaired) electrons. The molecule has 3 fully saturated rings. The van der Waals surface area contributed by atoms with Crippen LogP contribution in [0.2, 0.25) is 0 Å². The van der Waals surface area contributed by atoms with Gasteiger partial charge in [-0.3, -0.25) is 15.6 Å². The van der Waals surface area contributed by atoms with Crippen LogP contribution in [0.5, 0.6) is 0 Å². The number of benzene rings is 1. The highest BCUT2D eigenvalue weighted by Crippen LogP contribution is 2.35. The third kappa shape index (κ3) is 5.47. The smallest absolute Gasteiger partial charge is 0.0799 e. The summed E-state index contributed by atoms with van der Waals surface area (Å²) >= 11 is 0. The molecule has 1 aromatic carbocycles. The zero-order valence-corrected chi connectivity index (χ0v) is 19.8. The van der Waals surface area contributed by atoms with Crippen molar-refractivity contribution in [1.82, 2.24) is 30.9 Å². The molecular formula is C24H42N6O. The molecule has 31 heavy (non-hydrogen) atoms. The average Bonchev–Trinajstić information content (AvgIpc) is 3.22. The number of hydrazine groups is 1. The van der Waals surface area contributed by atoms with Crippen molar-refractivity contribution in [3.8, 4) is 0 Å². The van der Waals surface area contributed by atoms with Gasteiger partial charge in [-0.1, -0.05) is 38.1 Å². The molecule has 0 amide bonds. The van der Waals surface area contributed by atoms with Crippen LogP contribution in [-0.2, 0) is 11.3 Å². The van der Waals surface area contributed by atoms with E-state index < -0.39 is 0 Å². The van der Waals surface area contributed by atoms with E-state index in [9.17, 15) is 0 Å². The van der Waals surface area contributed by atoms with Crippen LogP contribution in [0, 0.1) is 11.8 Å². The first-order valence-corrected chi connectivity index (χ1v) is 12.1. The SMILES string of the molecule is CNCCN(C)Cc1cccc(C2CC(N3CCOCC3)N3NCC(C(C)C)C3N2)c1. The lowest BCUT2D eigenvalue weighted by Gasteiger charge is -2.49. The molecule has 4 atom stereocenters. The maximum atomic E-state index is 5.65. The summed E-state index contributed by atoms with van der Waals surface area (Å²) < 4.78 is 5.65. The molecule has 4 rings (SSSR count). The minimum Gasteiger partial charge on any atom is -0.379 e. The Labute approximate surface area is 188 Å². The van der Waals surface area contributed by atoms with Crippen LogP contribution < -0.4 is 16.1 Å². The Balaban J connectivity index is 1.52. The molecule has 0 saturated carbocycles. The van der Waals surface area contributed by atoms with Gasteiger partial charge in [0.15, 0.2) is 0 Å². The van der Waals surface area contributed by atoms with E-state index in [1.165, 1.54) is 11.1 Å². The Hall–Kier alpha value is -1.06. The molecule has 3 aliphatic heterocycles. The molecule has 0 spiro atoms. The molecule has 7 nitrogen and oxygen atoms in total. The molecule has 0 aromatic heterocycles. The third-order valence-corrected chi connectivity index (χ3v) is 7.23. The van der Waals surface area contributed by atoms with Crippen LogP contribution in [0.4, 0.5) is 0 Å². The second kappa shape index (κ2) is 10.7. The van der Waals surface area contributed by atoms with Crippen LogP contribution in [-0.4, -0.2) is 87.2 Å². The lowest BCUT2D eigenvalue weighted by Crippen LogP contribution is -2.65. The topological polar surface area (TPSA) is 55.0 Å². The lowest BCUT2D eigenvalue weighted by atomic mass is 9.89. The Bertz CT molecular complexity index is 694. The zero-order chi connectivity index (χ0) is 21.8. The fourth-order valence-electron chi connectivity index (χ4n) is 5.36. The molecule has 3 saturated heterocycles. The summed E-state index contributed by atoms with van der Waals surface area (Å²) in [5, 5.41) is 9.79. The van der Waals surface area contributed by atoms with Crippen molar-refractivity contribution in [2.24, 2.45) is 11.8 Å². The maximum absolute atomic E-state index is 5.65. The predicted octanol–water partition coefficient (Wildman–Crippen LogP) is 1.45. The van der Waals surface area contributed by atoms with Gasteiger partial charge in [0.25, 0.3) is 0 Å². The van der Waals surface area contributed by atoms with E-state index in [-0.39, 0.29) is 0 Å². The summed E-state index contributed by atoms with van der Waals surface area (Å²) in [6.07, 6.45) is 1.87. The van der Waals surface area contributed by atoms with E-state index in [1.807, 2.05) is 7.05 Å². The molecule has 1 aromatic rings. The number of rotatable bonds is 8. The van der Waals surface area contributed by atoms with Gasteiger partial charge in [-0.05, 0) is 37.6 Å². The monoisotopic (exact) mass is 430 g/mol. The van der Waals surface area contributed by atoms with Gasteiger partial charge in [-0.2, -0.15) is 0 Å². The van der Waals surface area contributed by atoms with Gasteiger partial charge in [0.1, 0.15) is 0 Å². The number of ether oxygens (including phenoxy) is 1. The van der Waals surface area contributed by atoms with Crippen molar-refractivity contribution >= 4 is 0 Å². The summed E-state index contributed by atoms with van der Waals surface area (Å²) in [5.41, 5.74) is 6.56. The minimum atomic E-state index is 0.369. The second-order valence-corrected chi connectivity index (χ2v) is 9.79. The minimum absolute atomic E-state index is 0.369. The number of likely N-dealkylation sites (N-methyl/N-ethyl adjacent to an activating group) is 2. The summed E-state index contributed by atoms with van der Waals surface area (Å²) in [6.45, 7) is 12.5. The van der Waals surface area contributed by atoms with Crippen LogP contribution in [0.3, 0.4) is 0 Å². The normalized spacial score (nSPS) is 30.3. The van der Waals surface area contributed by atoms with Crippen LogP contribution in [0.25, 0.3) is 0 Å². The predicted molar refractivity (Wildman–Crippen MR) is 125 cm³/mol. The summed E-state index contributed by atoms with van der Waals surface area (Å²) in [5.74, 6) is 1.26. The van der Waals surface area contributed by atoms with Crippen molar-refractivity contribution in [3.05, 3.63) is 35.4 Å². The first-order chi connectivity index (χ1) is 15.1. The number of fused-ring (bicyclic) bond motifs is 1. The summed E-state index contributed by atoms with van der Waals surface area (Å²) in [7, 11) is 4.21. The lowest BCUT2D eigenvalue weighted by molar-refractivity contribution is -0.0912.